The number of fused-ring (bicyclic) bond motifs is 1. The first-order valence-corrected chi connectivity index (χ1v) is 13.1. The lowest BCUT2D eigenvalue weighted by Gasteiger charge is -2.32. The predicted octanol–water partition coefficient (Wildman–Crippen LogP) is 4.38. The zero-order valence-electron chi connectivity index (χ0n) is 21.7. The minimum Gasteiger partial charge on any atom is -0.445 e. The molecule has 5 aromatic rings. The van der Waals surface area contributed by atoms with Crippen molar-refractivity contribution >= 4 is 11.7 Å². The lowest BCUT2D eigenvalue weighted by atomic mass is 10.1. The van der Waals surface area contributed by atoms with Crippen molar-refractivity contribution in [3.05, 3.63) is 90.3 Å². The van der Waals surface area contributed by atoms with Crippen LogP contribution in [-0.4, -0.2) is 59.7 Å². The van der Waals surface area contributed by atoms with Crippen LogP contribution in [0.3, 0.4) is 0 Å². The third kappa shape index (κ3) is 5.65. The molecule has 0 bridgehead atoms. The van der Waals surface area contributed by atoms with Crippen LogP contribution in [-0.2, 0) is 17.9 Å². The standard InChI is InChI=1S/C29H30N8O2/c1-20-7-5-11-24(33-20)28-27(22-12-14-37-26(15-22)31-19-32-37)34-25(35-28)16-30-23-10-6-13-36(17-23)29(38)39-18-21-8-3-2-4-9-21/h2-5,7-9,11-12,14-15,19,23,30H,6,10,13,16-18H2,1H3,(H,34,35). The van der Waals surface area contributed by atoms with E-state index in [2.05, 4.69) is 20.4 Å². The molecule has 6 rings (SSSR count). The Labute approximate surface area is 226 Å². The summed E-state index contributed by atoms with van der Waals surface area (Å²) in [4.78, 5) is 32.0. The van der Waals surface area contributed by atoms with Gasteiger partial charge in [-0.25, -0.2) is 19.3 Å². The molecule has 1 aliphatic heterocycles. The van der Waals surface area contributed by atoms with Crippen molar-refractivity contribution in [3.63, 3.8) is 0 Å². The molecule has 0 saturated carbocycles. The summed E-state index contributed by atoms with van der Waals surface area (Å²) in [6.45, 7) is 4.08. The molecule has 10 nitrogen and oxygen atoms in total. The molecule has 0 radical (unpaired) electrons. The second-order valence-corrected chi connectivity index (χ2v) is 9.76. The Kier molecular flexibility index (Phi) is 7.01. The number of imidazole rings is 1. The van der Waals surface area contributed by atoms with Crippen LogP contribution in [0.2, 0.25) is 0 Å². The molecule has 198 valence electrons. The molecular formula is C29H30N8O2. The number of nitrogens with one attached hydrogen (secondary N) is 2. The summed E-state index contributed by atoms with van der Waals surface area (Å²) in [5, 5.41) is 7.78. The normalized spacial score (nSPS) is 15.5. The van der Waals surface area contributed by atoms with Gasteiger partial charge in [0.05, 0.1) is 23.6 Å². The second-order valence-electron chi connectivity index (χ2n) is 9.76. The van der Waals surface area contributed by atoms with E-state index in [-0.39, 0.29) is 18.7 Å². The van der Waals surface area contributed by atoms with E-state index in [0.717, 1.165) is 58.2 Å². The Balaban J connectivity index is 1.16. The second kappa shape index (κ2) is 11.0. The minimum absolute atomic E-state index is 0.143. The van der Waals surface area contributed by atoms with Crippen LogP contribution in [0.15, 0.2) is 73.2 Å². The van der Waals surface area contributed by atoms with Crippen molar-refractivity contribution < 1.29 is 9.53 Å². The number of aromatic nitrogens is 6. The molecular weight excluding hydrogens is 492 g/mol. The first-order valence-electron chi connectivity index (χ1n) is 13.1. The van der Waals surface area contributed by atoms with Gasteiger partial charge in [-0.2, -0.15) is 5.10 Å². The van der Waals surface area contributed by atoms with Crippen LogP contribution in [0.5, 0.6) is 0 Å². The number of nitrogens with zero attached hydrogens (tertiary/aromatic N) is 6. The number of benzene rings is 1. The van der Waals surface area contributed by atoms with Crippen molar-refractivity contribution in [1.29, 1.82) is 0 Å². The molecule has 1 aliphatic rings. The number of hydrogen-bond donors (Lipinski definition) is 2. The topological polar surface area (TPSA) is 113 Å². The average Bonchev–Trinajstić information content (AvgIpc) is 3.62. The van der Waals surface area contributed by atoms with E-state index >= 15 is 0 Å². The summed E-state index contributed by atoms with van der Waals surface area (Å²) < 4.78 is 7.28. The Morgan fingerprint density at radius 2 is 2.03 bits per heavy atom. The van der Waals surface area contributed by atoms with E-state index in [1.165, 1.54) is 6.33 Å². The summed E-state index contributed by atoms with van der Waals surface area (Å²) in [5.74, 6) is 0.799. The molecule has 1 unspecified atom stereocenters. The SMILES string of the molecule is Cc1cccc(-c2[nH]c(CNC3CCCN(C(=O)OCc4ccccc4)C3)nc2-c2ccn3ncnc3c2)n1. The van der Waals surface area contributed by atoms with Gasteiger partial charge in [0, 0.05) is 36.6 Å². The zero-order chi connectivity index (χ0) is 26.6. The summed E-state index contributed by atoms with van der Waals surface area (Å²) in [6.07, 6.45) is 5.03. The molecule has 4 aromatic heterocycles. The Morgan fingerprint density at radius 3 is 2.90 bits per heavy atom. The number of hydrogen-bond acceptors (Lipinski definition) is 7. The first kappa shape index (κ1) is 24.7. The van der Waals surface area contributed by atoms with Gasteiger partial charge < -0.3 is 19.9 Å². The number of pyridine rings is 2. The van der Waals surface area contributed by atoms with Gasteiger partial charge in [0.2, 0.25) is 0 Å². The van der Waals surface area contributed by atoms with Crippen LogP contribution < -0.4 is 5.32 Å². The molecule has 1 amide bonds. The molecule has 1 atom stereocenters. The van der Waals surface area contributed by atoms with Crippen LogP contribution in [0.4, 0.5) is 4.79 Å². The largest absolute Gasteiger partial charge is 0.445 e. The van der Waals surface area contributed by atoms with Gasteiger partial charge in [0.1, 0.15) is 18.8 Å². The number of carbonyl (C=O) groups is 1. The maximum Gasteiger partial charge on any atom is 0.410 e. The highest BCUT2D eigenvalue weighted by atomic mass is 16.6. The Bertz CT molecular complexity index is 1580. The first-order chi connectivity index (χ1) is 19.1. The number of likely N-dealkylation sites (tertiary alicyclic amines) is 1. The van der Waals surface area contributed by atoms with E-state index in [0.29, 0.717) is 19.6 Å². The predicted molar refractivity (Wildman–Crippen MR) is 147 cm³/mol. The molecule has 1 saturated heterocycles. The van der Waals surface area contributed by atoms with Crippen molar-refractivity contribution in [2.45, 2.75) is 39.0 Å². The Hall–Kier alpha value is -4.57. The highest BCUT2D eigenvalue weighted by molar-refractivity contribution is 5.78. The minimum atomic E-state index is -0.276. The van der Waals surface area contributed by atoms with Crippen molar-refractivity contribution in [1.82, 2.24) is 39.8 Å². The van der Waals surface area contributed by atoms with E-state index < -0.39 is 0 Å². The van der Waals surface area contributed by atoms with Gasteiger partial charge in [0.15, 0.2) is 5.65 Å². The molecule has 0 aliphatic carbocycles. The highest BCUT2D eigenvalue weighted by Gasteiger charge is 2.25. The fraction of sp³-hybridized carbons (Fsp3) is 0.276. The number of H-pyrrole nitrogens is 1. The summed E-state index contributed by atoms with van der Waals surface area (Å²) >= 11 is 0. The van der Waals surface area contributed by atoms with Gasteiger partial charge in [-0.15, -0.1) is 0 Å². The van der Waals surface area contributed by atoms with Crippen LogP contribution in [0, 0.1) is 6.92 Å². The molecule has 0 spiro atoms. The number of aryl methyl sites for hydroxylation is 1. The lowest BCUT2D eigenvalue weighted by molar-refractivity contribution is 0.0831. The smallest absolute Gasteiger partial charge is 0.410 e. The third-order valence-electron chi connectivity index (χ3n) is 6.89. The number of aromatic amines is 1. The van der Waals surface area contributed by atoms with Gasteiger partial charge in [0.25, 0.3) is 0 Å². The van der Waals surface area contributed by atoms with Crippen LogP contribution in [0.25, 0.3) is 28.3 Å². The highest BCUT2D eigenvalue weighted by Crippen LogP contribution is 2.30. The summed E-state index contributed by atoms with van der Waals surface area (Å²) in [6, 6.07) is 19.8. The molecule has 10 heteroatoms. The molecule has 5 heterocycles. The van der Waals surface area contributed by atoms with Gasteiger partial charge in [-0.1, -0.05) is 36.4 Å². The van der Waals surface area contributed by atoms with Crippen molar-refractivity contribution in [2.75, 3.05) is 13.1 Å². The van der Waals surface area contributed by atoms with Crippen molar-refractivity contribution in [2.24, 2.45) is 0 Å². The van der Waals surface area contributed by atoms with Gasteiger partial charge in [-0.05, 0) is 49.6 Å². The fourth-order valence-corrected chi connectivity index (χ4v) is 4.91. The van der Waals surface area contributed by atoms with E-state index in [1.54, 1.807) is 9.42 Å². The van der Waals surface area contributed by atoms with E-state index in [4.69, 9.17) is 14.7 Å². The van der Waals surface area contributed by atoms with Gasteiger partial charge >= 0.3 is 6.09 Å². The molecule has 1 aromatic carbocycles. The Morgan fingerprint density at radius 1 is 1.13 bits per heavy atom. The lowest BCUT2D eigenvalue weighted by Crippen LogP contribution is -2.48. The zero-order valence-corrected chi connectivity index (χ0v) is 21.7. The number of piperidine rings is 1. The van der Waals surface area contributed by atoms with Gasteiger partial charge in [-0.3, -0.25) is 4.98 Å². The maximum absolute atomic E-state index is 12.7. The van der Waals surface area contributed by atoms with E-state index in [9.17, 15) is 4.79 Å². The van der Waals surface area contributed by atoms with E-state index in [1.807, 2.05) is 73.8 Å². The fourth-order valence-electron chi connectivity index (χ4n) is 4.91. The molecule has 1 fully saturated rings. The number of carbonyl (C=O) groups excluding carboxylic acids is 1. The summed E-state index contributed by atoms with van der Waals surface area (Å²) in [7, 11) is 0. The summed E-state index contributed by atoms with van der Waals surface area (Å²) in [5.41, 5.74) is 6.09. The maximum atomic E-state index is 12.7. The monoisotopic (exact) mass is 522 g/mol. The van der Waals surface area contributed by atoms with Crippen LogP contribution >= 0.6 is 0 Å². The quantitative estimate of drug-likeness (QED) is 0.326. The molecule has 2 N–H and O–H groups in total. The number of rotatable bonds is 7. The van der Waals surface area contributed by atoms with Crippen LogP contribution in [0.1, 0.15) is 29.9 Å². The van der Waals surface area contributed by atoms with Crippen molar-refractivity contribution in [3.8, 4) is 22.6 Å². The number of amides is 1. The third-order valence-corrected chi connectivity index (χ3v) is 6.89. The average molecular weight is 523 g/mol. The number of ether oxygens (including phenoxy) is 1. The molecule has 39 heavy (non-hydrogen) atoms.